The van der Waals surface area contributed by atoms with Gasteiger partial charge in [-0.1, -0.05) is 17.8 Å². The third-order valence-corrected chi connectivity index (χ3v) is 3.60. The molecule has 0 saturated carbocycles. The Morgan fingerprint density at radius 1 is 1.26 bits per heavy atom. The lowest BCUT2D eigenvalue weighted by Crippen LogP contribution is -1.92. The molecular weight excluding hydrogens is 267 g/mol. The Morgan fingerprint density at radius 2 is 2.16 bits per heavy atom. The van der Waals surface area contributed by atoms with Gasteiger partial charge in [-0.05, 0) is 12.1 Å². The van der Waals surface area contributed by atoms with Crippen LogP contribution in [-0.4, -0.2) is 26.2 Å². The lowest BCUT2D eigenvalue weighted by molar-refractivity contribution is 0.111. The Kier molecular flexibility index (Phi) is 2.96. The summed E-state index contributed by atoms with van der Waals surface area (Å²) in [6, 6.07) is 4.47. The van der Waals surface area contributed by atoms with E-state index < -0.39 is 5.82 Å². The molecule has 1 aromatic carbocycles. The number of rotatable bonds is 3. The summed E-state index contributed by atoms with van der Waals surface area (Å²) in [5.74, 6) is -0.546. The smallest absolute Gasteiger partial charge is 0.181 e. The SMILES string of the molecule is O=Cc1c(F)cccc1Sc1ncnc2nc[nH]c12. The van der Waals surface area contributed by atoms with Gasteiger partial charge in [-0.25, -0.2) is 19.3 Å². The van der Waals surface area contributed by atoms with Gasteiger partial charge in [0, 0.05) is 4.90 Å². The fourth-order valence-electron chi connectivity index (χ4n) is 1.65. The number of aromatic amines is 1. The molecule has 0 atom stereocenters. The average Bonchev–Trinajstić information content (AvgIpc) is 2.88. The van der Waals surface area contributed by atoms with E-state index in [0.29, 0.717) is 27.4 Å². The molecular formula is C12H7FN4OS. The molecule has 0 aliphatic heterocycles. The summed E-state index contributed by atoms with van der Waals surface area (Å²) >= 11 is 1.19. The van der Waals surface area contributed by atoms with E-state index in [4.69, 9.17) is 0 Å². The van der Waals surface area contributed by atoms with Crippen molar-refractivity contribution in [2.24, 2.45) is 0 Å². The number of aldehydes is 1. The summed E-state index contributed by atoms with van der Waals surface area (Å²) in [5.41, 5.74) is 1.22. The van der Waals surface area contributed by atoms with Crippen molar-refractivity contribution in [3.05, 3.63) is 42.2 Å². The molecule has 7 heteroatoms. The minimum atomic E-state index is -0.546. The Bertz CT molecular complexity index is 758. The van der Waals surface area contributed by atoms with Crippen LogP contribution in [0.5, 0.6) is 0 Å². The minimum Gasteiger partial charge on any atom is -0.341 e. The Labute approximate surface area is 111 Å². The molecule has 3 aromatic rings. The lowest BCUT2D eigenvalue weighted by atomic mass is 10.2. The fraction of sp³-hybridized carbons (Fsp3) is 0. The summed E-state index contributed by atoms with van der Waals surface area (Å²) in [6.45, 7) is 0. The molecule has 0 amide bonds. The molecule has 0 spiro atoms. The van der Waals surface area contributed by atoms with Gasteiger partial charge in [0.05, 0.1) is 11.9 Å². The highest BCUT2D eigenvalue weighted by atomic mass is 32.2. The highest BCUT2D eigenvalue weighted by molar-refractivity contribution is 7.99. The molecule has 0 bridgehead atoms. The van der Waals surface area contributed by atoms with Gasteiger partial charge in [-0.2, -0.15) is 0 Å². The Hall–Kier alpha value is -2.28. The lowest BCUT2D eigenvalue weighted by Gasteiger charge is -2.04. The molecule has 94 valence electrons. The molecule has 0 aliphatic carbocycles. The first-order chi connectivity index (χ1) is 9.29. The number of nitrogens with one attached hydrogen (secondary N) is 1. The summed E-state index contributed by atoms with van der Waals surface area (Å²) in [4.78, 5) is 26.5. The Morgan fingerprint density at radius 3 is 3.00 bits per heavy atom. The number of carbonyl (C=O) groups is 1. The van der Waals surface area contributed by atoms with E-state index in [9.17, 15) is 9.18 Å². The average molecular weight is 274 g/mol. The predicted molar refractivity (Wildman–Crippen MR) is 67.6 cm³/mol. The Balaban J connectivity index is 2.08. The molecule has 0 radical (unpaired) electrons. The van der Waals surface area contributed by atoms with Crippen LogP contribution in [0.3, 0.4) is 0 Å². The zero-order valence-corrected chi connectivity index (χ0v) is 10.3. The number of aromatic nitrogens is 4. The second-order valence-corrected chi connectivity index (χ2v) is 4.68. The summed E-state index contributed by atoms with van der Waals surface area (Å²) in [5, 5.41) is 0.594. The number of H-pyrrole nitrogens is 1. The van der Waals surface area contributed by atoms with Crippen LogP contribution >= 0.6 is 11.8 Å². The van der Waals surface area contributed by atoms with E-state index in [0.717, 1.165) is 0 Å². The van der Waals surface area contributed by atoms with Crippen LogP contribution in [0.15, 0.2) is 40.8 Å². The molecule has 0 saturated heterocycles. The van der Waals surface area contributed by atoms with Gasteiger partial charge in [0.25, 0.3) is 0 Å². The van der Waals surface area contributed by atoms with E-state index >= 15 is 0 Å². The van der Waals surface area contributed by atoms with Gasteiger partial charge in [0.1, 0.15) is 22.7 Å². The van der Waals surface area contributed by atoms with Crippen molar-refractivity contribution >= 4 is 29.2 Å². The van der Waals surface area contributed by atoms with E-state index in [2.05, 4.69) is 19.9 Å². The van der Waals surface area contributed by atoms with Crippen LogP contribution in [-0.2, 0) is 0 Å². The van der Waals surface area contributed by atoms with Gasteiger partial charge < -0.3 is 4.98 Å². The highest BCUT2D eigenvalue weighted by Crippen LogP contribution is 2.32. The molecule has 0 fully saturated rings. The number of nitrogens with zero attached hydrogens (tertiary/aromatic N) is 3. The topological polar surface area (TPSA) is 71.5 Å². The number of carbonyl (C=O) groups excluding carboxylic acids is 1. The first-order valence-corrected chi connectivity index (χ1v) is 6.17. The maximum atomic E-state index is 13.5. The van der Waals surface area contributed by atoms with Crippen molar-refractivity contribution in [2.75, 3.05) is 0 Å². The minimum absolute atomic E-state index is 0.0266. The number of imidazole rings is 1. The third-order valence-electron chi connectivity index (χ3n) is 2.53. The summed E-state index contributed by atoms with van der Waals surface area (Å²) < 4.78 is 13.5. The zero-order chi connectivity index (χ0) is 13.2. The van der Waals surface area contributed by atoms with Crippen molar-refractivity contribution in [2.45, 2.75) is 9.92 Å². The van der Waals surface area contributed by atoms with Crippen molar-refractivity contribution in [1.29, 1.82) is 0 Å². The molecule has 2 heterocycles. The van der Waals surface area contributed by atoms with Crippen LogP contribution in [0, 0.1) is 5.82 Å². The highest BCUT2D eigenvalue weighted by Gasteiger charge is 2.12. The quantitative estimate of drug-likeness (QED) is 0.586. The second-order valence-electron chi connectivity index (χ2n) is 3.65. The predicted octanol–water partition coefficient (Wildman–Crippen LogP) is 2.46. The van der Waals surface area contributed by atoms with Crippen LogP contribution in [0.4, 0.5) is 4.39 Å². The zero-order valence-electron chi connectivity index (χ0n) is 9.50. The second kappa shape index (κ2) is 4.77. The van der Waals surface area contributed by atoms with Crippen molar-refractivity contribution in [3.63, 3.8) is 0 Å². The van der Waals surface area contributed by atoms with E-state index in [1.807, 2.05) is 0 Å². The first-order valence-electron chi connectivity index (χ1n) is 5.35. The van der Waals surface area contributed by atoms with Crippen LogP contribution in [0.25, 0.3) is 11.2 Å². The van der Waals surface area contributed by atoms with Gasteiger partial charge in [0.2, 0.25) is 0 Å². The molecule has 1 N–H and O–H groups in total. The number of fused-ring (bicyclic) bond motifs is 1. The molecule has 0 unspecified atom stereocenters. The van der Waals surface area contributed by atoms with Crippen LogP contribution in [0.2, 0.25) is 0 Å². The number of hydrogen-bond donors (Lipinski definition) is 1. The van der Waals surface area contributed by atoms with E-state index in [1.165, 1.54) is 30.5 Å². The molecule has 0 aliphatic rings. The fourth-order valence-corrected chi connectivity index (χ4v) is 2.61. The molecule has 3 rings (SSSR count). The maximum absolute atomic E-state index is 13.5. The van der Waals surface area contributed by atoms with E-state index in [1.54, 1.807) is 12.1 Å². The molecule has 19 heavy (non-hydrogen) atoms. The molecule has 2 aromatic heterocycles. The van der Waals surface area contributed by atoms with Crippen molar-refractivity contribution in [1.82, 2.24) is 19.9 Å². The first kappa shape index (κ1) is 11.8. The normalized spacial score (nSPS) is 10.8. The van der Waals surface area contributed by atoms with Crippen molar-refractivity contribution in [3.8, 4) is 0 Å². The maximum Gasteiger partial charge on any atom is 0.181 e. The number of benzene rings is 1. The largest absolute Gasteiger partial charge is 0.341 e. The number of hydrogen-bond acceptors (Lipinski definition) is 5. The van der Waals surface area contributed by atoms with Crippen LogP contribution < -0.4 is 0 Å². The van der Waals surface area contributed by atoms with Crippen LogP contribution in [0.1, 0.15) is 10.4 Å². The van der Waals surface area contributed by atoms with Gasteiger partial charge in [-0.15, -0.1) is 0 Å². The van der Waals surface area contributed by atoms with Gasteiger partial charge in [-0.3, -0.25) is 4.79 Å². The third kappa shape index (κ3) is 2.08. The standard InChI is InChI=1S/C12H7FN4OS/c13-8-2-1-3-9(7(8)4-18)19-12-10-11(15-5-14-10)16-6-17-12/h1-6H,(H,14,15,16,17). The van der Waals surface area contributed by atoms with Gasteiger partial charge in [0.15, 0.2) is 11.9 Å². The summed E-state index contributed by atoms with van der Waals surface area (Å²) in [7, 11) is 0. The van der Waals surface area contributed by atoms with E-state index in [-0.39, 0.29) is 5.56 Å². The monoisotopic (exact) mass is 274 g/mol. The van der Waals surface area contributed by atoms with Crippen molar-refractivity contribution < 1.29 is 9.18 Å². The number of halogens is 1. The summed E-state index contributed by atoms with van der Waals surface area (Å²) in [6.07, 6.45) is 3.39. The molecule has 5 nitrogen and oxygen atoms in total. The van der Waals surface area contributed by atoms with Gasteiger partial charge >= 0.3 is 0 Å².